The Morgan fingerprint density at radius 3 is 2.22 bits per heavy atom. The maximum atomic E-state index is 2.50. The maximum absolute atomic E-state index is 2.50. The lowest BCUT2D eigenvalue weighted by atomic mass is 9.63. The van der Waals surface area contributed by atoms with Crippen molar-refractivity contribution >= 4 is 0 Å². The summed E-state index contributed by atoms with van der Waals surface area (Å²) in [5.74, 6) is 2.33. The zero-order valence-corrected chi connectivity index (χ0v) is 13.3. The van der Waals surface area contributed by atoms with Crippen LogP contribution in [0.5, 0.6) is 0 Å². The predicted octanol–water partition coefficient (Wildman–Crippen LogP) is 6.10. The van der Waals surface area contributed by atoms with Crippen molar-refractivity contribution in [3.8, 4) is 0 Å². The lowest BCUT2D eigenvalue weighted by molar-refractivity contribution is 0.192. The van der Waals surface area contributed by atoms with Crippen LogP contribution in [0.3, 0.4) is 0 Å². The molecule has 102 valence electrons. The fraction of sp³-hybridized carbons (Fsp3) is 0.722. The van der Waals surface area contributed by atoms with Crippen LogP contribution in [0.25, 0.3) is 0 Å². The molecule has 0 aromatic rings. The van der Waals surface area contributed by atoms with E-state index in [1.807, 2.05) is 0 Å². The van der Waals surface area contributed by atoms with Crippen LogP contribution in [0.4, 0.5) is 0 Å². The molecule has 0 heteroatoms. The molecule has 0 heterocycles. The Balaban J connectivity index is 3.02. The molecule has 1 rings (SSSR count). The second-order valence-corrected chi connectivity index (χ2v) is 6.65. The first-order valence-electron chi connectivity index (χ1n) is 7.50. The fourth-order valence-electron chi connectivity index (χ4n) is 3.18. The summed E-state index contributed by atoms with van der Waals surface area (Å²) in [4.78, 5) is 0. The normalized spacial score (nSPS) is 32.4. The molecule has 0 amide bonds. The summed E-state index contributed by atoms with van der Waals surface area (Å²) < 4.78 is 0. The molecule has 1 atom stereocenters. The third-order valence-electron chi connectivity index (χ3n) is 4.91. The van der Waals surface area contributed by atoms with Crippen LogP contribution >= 0.6 is 0 Å². The highest BCUT2D eigenvalue weighted by molar-refractivity contribution is 5.13. The first-order chi connectivity index (χ1) is 8.38. The highest BCUT2D eigenvalue weighted by atomic mass is 14.4. The van der Waals surface area contributed by atoms with Crippen LogP contribution in [0.2, 0.25) is 0 Å². The second-order valence-electron chi connectivity index (χ2n) is 6.65. The molecule has 1 aliphatic rings. The Kier molecular flexibility index (Phi) is 5.56. The summed E-state index contributed by atoms with van der Waals surface area (Å²) in [7, 11) is 0. The van der Waals surface area contributed by atoms with Crippen LogP contribution < -0.4 is 0 Å². The molecule has 0 aliphatic heterocycles. The smallest absolute Gasteiger partial charge is 0.0853 e. The molecule has 1 aliphatic carbocycles. The van der Waals surface area contributed by atoms with Gasteiger partial charge in [-0.1, -0.05) is 37.1 Å². The molecule has 0 fully saturated rings. The van der Waals surface area contributed by atoms with Crippen LogP contribution in [0.1, 0.15) is 73.6 Å². The Hall–Kier alpha value is -0.650. The molecular formula is C18H31+. The van der Waals surface area contributed by atoms with Gasteiger partial charge in [0.25, 0.3) is 0 Å². The van der Waals surface area contributed by atoms with Gasteiger partial charge < -0.3 is 0 Å². The van der Waals surface area contributed by atoms with Crippen LogP contribution in [-0.4, -0.2) is 0 Å². The van der Waals surface area contributed by atoms with Gasteiger partial charge in [0, 0.05) is 6.42 Å². The molecule has 0 aromatic carbocycles. The van der Waals surface area contributed by atoms with Gasteiger partial charge >= 0.3 is 0 Å². The molecule has 0 radical (unpaired) electrons. The second kappa shape index (κ2) is 6.50. The number of hydrogen-bond acceptors (Lipinski definition) is 0. The zero-order valence-electron chi connectivity index (χ0n) is 13.3. The standard InChI is InChI=1S/C18H31/c1-14(2)18(15(3)4)12-10-16(5)8-7-9-17(6)11-13-18/h8,11,14H,7,9-10,12-13H2,1-6H3/q+1/b16-8+,17-11+. The van der Waals surface area contributed by atoms with Crippen molar-refractivity contribution in [3.05, 3.63) is 29.2 Å². The van der Waals surface area contributed by atoms with Crippen molar-refractivity contribution in [1.82, 2.24) is 0 Å². The summed E-state index contributed by atoms with van der Waals surface area (Å²) in [6, 6.07) is 0. The Labute approximate surface area is 115 Å². The maximum Gasteiger partial charge on any atom is 0.116 e. The van der Waals surface area contributed by atoms with Gasteiger partial charge in [-0.2, -0.15) is 0 Å². The lowest BCUT2D eigenvalue weighted by Gasteiger charge is -2.33. The molecule has 0 saturated heterocycles. The van der Waals surface area contributed by atoms with Crippen molar-refractivity contribution in [2.24, 2.45) is 11.3 Å². The Morgan fingerprint density at radius 1 is 1.06 bits per heavy atom. The Bertz CT molecular complexity index is 307. The molecule has 0 bridgehead atoms. The topological polar surface area (TPSA) is 0 Å². The number of hydrogen-bond donors (Lipinski definition) is 0. The molecular weight excluding hydrogens is 216 g/mol. The SMILES string of the molecule is C/C1=C\CC([C+](C)C)(C(C)C)CC/C(C)=C/CC1. The minimum Gasteiger partial charge on any atom is -0.0853 e. The summed E-state index contributed by atoms with van der Waals surface area (Å²) in [5.41, 5.74) is 3.54. The predicted molar refractivity (Wildman–Crippen MR) is 82.5 cm³/mol. The third-order valence-corrected chi connectivity index (χ3v) is 4.91. The van der Waals surface area contributed by atoms with Crippen LogP contribution in [0.15, 0.2) is 23.3 Å². The third kappa shape index (κ3) is 3.67. The summed E-state index contributed by atoms with van der Waals surface area (Å²) in [5, 5.41) is 0. The summed E-state index contributed by atoms with van der Waals surface area (Å²) in [6.07, 6.45) is 11.2. The minimum absolute atomic E-state index is 0.397. The Morgan fingerprint density at radius 2 is 1.67 bits per heavy atom. The molecule has 1 unspecified atom stereocenters. The van der Waals surface area contributed by atoms with E-state index in [0.717, 1.165) is 5.92 Å². The molecule has 0 saturated carbocycles. The first-order valence-corrected chi connectivity index (χ1v) is 7.50. The van der Waals surface area contributed by atoms with Crippen molar-refractivity contribution in [3.63, 3.8) is 0 Å². The van der Waals surface area contributed by atoms with Gasteiger partial charge in [0.15, 0.2) is 0 Å². The van der Waals surface area contributed by atoms with Crippen molar-refractivity contribution in [2.75, 3.05) is 0 Å². The van der Waals surface area contributed by atoms with Crippen molar-refractivity contribution < 1.29 is 0 Å². The van der Waals surface area contributed by atoms with Gasteiger partial charge in [-0.15, -0.1) is 0 Å². The lowest BCUT2D eigenvalue weighted by Crippen LogP contribution is -2.31. The van der Waals surface area contributed by atoms with E-state index in [1.165, 1.54) is 32.1 Å². The summed E-state index contributed by atoms with van der Waals surface area (Å²) in [6.45, 7) is 14.0. The van der Waals surface area contributed by atoms with E-state index in [9.17, 15) is 0 Å². The van der Waals surface area contributed by atoms with E-state index in [0.29, 0.717) is 5.41 Å². The van der Waals surface area contributed by atoms with E-state index >= 15 is 0 Å². The van der Waals surface area contributed by atoms with E-state index in [2.05, 4.69) is 53.7 Å². The largest absolute Gasteiger partial charge is 0.116 e. The van der Waals surface area contributed by atoms with Gasteiger partial charge in [-0.05, 0) is 45.4 Å². The highest BCUT2D eigenvalue weighted by Crippen LogP contribution is 2.46. The molecule has 0 aromatic heterocycles. The van der Waals surface area contributed by atoms with Crippen molar-refractivity contribution in [1.29, 1.82) is 0 Å². The molecule has 18 heavy (non-hydrogen) atoms. The van der Waals surface area contributed by atoms with Gasteiger partial charge in [-0.25, -0.2) is 0 Å². The monoisotopic (exact) mass is 247 g/mol. The van der Waals surface area contributed by atoms with E-state index < -0.39 is 0 Å². The van der Waals surface area contributed by atoms with Gasteiger partial charge in [0.1, 0.15) is 5.41 Å². The van der Waals surface area contributed by atoms with Gasteiger partial charge in [0.05, 0.1) is 19.8 Å². The van der Waals surface area contributed by atoms with Crippen LogP contribution in [0, 0.1) is 17.3 Å². The molecule has 0 N–H and O–H groups in total. The minimum atomic E-state index is 0.397. The number of allylic oxidation sites excluding steroid dienone is 4. The zero-order chi connectivity index (χ0) is 13.8. The fourth-order valence-corrected chi connectivity index (χ4v) is 3.18. The average Bonchev–Trinajstić information content (AvgIpc) is 2.28. The molecule has 0 nitrogen and oxygen atoms in total. The van der Waals surface area contributed by atoms with E-state index in [-0.39, 0.29) is 0 Å². The van der Waals surface area contributed by atoms with Gasteiger partial charge in [-0.3, -0.25) is 0 Å². The quantitative estimate of drug-likeness (QED) is 0.408. The first kappa shape index (κ1) is 15.4. The van der Waals surface area contributed by atoms with Crippen molar-refractivity contribution in [2.45, 2.75) is 73.6 Å². The summed E-state index contributed by atoms with van der Waals surface area (Å²) >= 11 is 0. The molecule has 0 spiro atoms. The van der Waals surface area contributed by atoms with Crippen LogP contribution in [-0.2, 0) is 0 Å². The van der Waals surface area contributed by atoms with E-state index in [1.54, 1.807) is 17.1 Å². The van der Waals surface area contributed by atoms with Gasteiger partial charge in [0.2, 0.25) is 0 Å². The van der Waals surface area contributed by atoms with E-state index in [4.69, 9.17) is 0 Å². The number of rotatable bonds is 2. The average molecular weight is 247 g/mol. The highest BCUT2D eigenvalue weighted by Gasteiger charge is 2.44.